The predicted octanol–water partition coefficient (Wildman–Crippen LogP) is 1.90. The van der Waals surface area contributed by atoms with Gasteiger partial charge in [-0.15, -0.1) is 0 Å². The summed E-state index contributed by atoms with van der Waals surface area (Å²) in [6.07, 6.45) is 0. The van der Waals surface area contributed by atoms with Crippen LogP contribution < -0.4 is 5.32 Å². The second-order valence-electron chi connectivity index (χ2n) is 5.09. The number of carboxylic acid groups (broad SMARTS) is 1. The van der Waals surface area contributed by atoms with Crippen molar-refractivity contribution in [3.8, 4) is 0 Å². The fraction of sp³-hybridized carbons (Fsp3) is 0.455. The van der Waals surface area contributed by atoms with Crippen molar-refractivity contribution in [3.05, 3.63) is 5.69 Å². The zero-order valence-corrected chi connectivity index (χ0v) is 11.8. The zero-order valence-electron chi connectivity index (χ0n) is 11.0. The first-order chi connectivity index (χ1) is 8.70. The van der Waals surface area contributed by atoms with Crippen LogP contribution >= 0.6 is 11.3 Å². The van der Waals surface area contributed by atoms with Gasteiger partial charge in [0.15, 0.2) is 16.5 Å². The summed E-state index contributed by atoms with van der Waals surface area (Å²) in [5, 5.41) is 16.2. The van der Waals surface area contributed by atoms with Gasteiger partial charge in [0.2, 0.25) is 5.91 Å². The maximum Gasteiger partial charge on any atom is 0.357 e. The molecule has 2 rings (SSSR count). The average molecular weight is 282 g/mol. The Morgan fingerprint density at radius 2 is 2.00 bits per heavy atom. The molecule has 0 saturated carbocycles. The monoisotopic (exact) mass is 282 g/mol. The van der Waals surface area contributed by atoms with E-state index < -0.39 is 11.5 Å². The van der Waals surface area contributed by atoms with E-state index in [1.54, 1.807) is 4.68 Å². The fourth-order valence-electron chi connectivity index (χ4n) is 1.61. The highest BCUT2D eigenvalue weighted by molar-refractivity contribution is 7.22. The topological polar surface area (TPSA) is 97.1 Å². The molecule has 0 unspecified atom stereocenters. The highest BCUT2D eigenvalue weighted by Crippen LogP contribution is 2.32. The molecule has 0 aliphatic carbocycles. The van der Waals surface area contributed by atoms with E-state index in [-0.39, 0.29) is 11.6 Å². The number of thiazole rings is 1. The Hall–Kier alpha value is -1.96. The molecule has 8 heteroatoms. The first kappa shape index (κ1) is 13.5. The first-order valence-corrected chi connectivity index (χ1v) is 6.42. The van der Waals surface area contributed by atoms with Crippen molar-refractivity contribution < 1.29 is 14.7 Å². The molecule has 0 atom stereocenters. The third-order valence-electron chi connectivity index (χ3n) is 2.35. The Balaban J connectivity index is 2.67. The molecule has 1 amide bonds. The smallest absolute Gasteiger partial charge is 0.357 e. The minimum absolute atomic E-state index is 0.0426. The second-order valence-corrected chi connectivity index (χ2v) is 6.09. The molecule has 0 aromatic carbocycles. The Morgan fingerprint density at radius 1 is 1.37 bits per heavy atom. The molecule has 0 radical (unpaired) electrons. The van der Waals surface area contributed by atoms with E-state index >= 15 is 0 Å². The van der Waals surface area contributed by atoms with Gasteiger partial charge in [0.05, 0.1) is 5.54 Å². The second kappa shape index (κ2) is 4.30. The van der Waals surface area contributed by atoms with Gasteiger partial charge in [-0.1, -0.05) is 11.3 Å². The lowest BCUT2D eigenvalue weighted by atomic mass is 10.1. The lowest BCUT2D eigenvalue weighted by molar-refractivity contribution is -0.114. The number of aromatic carboxylic acids is 1. The van der Waals surface area contributed by atoms with Crippen LogP contribution in [0.2, 0.25) is 0 Å². The third kappa shape index (κ3) is 2.43. The van der Waals surface area contributed by atoms with Crippen LogP contribution in [0.5, 0.6) is 0 Å². The van der Waals surface area contributed by atoms with Crippen LogP contribution in [0.15, 0.2) is 0 Å². The van der Waals surface area contributed by atoms with Gasteiger partial charge in [-0.2, -0.15) is 10.1 Å². The maximum atomic E-state index is 11.2. The van der Waals surface area contributed by atoms with E-state index in [1.165, 1.54) is 6.92 Å². The standard InChI is InChI=1S/C11H14N4O3S/c1-5(16)12-10-13-8-7(19-10)6(9(17)18)14-15(8)11(2,3)4/h1-4H3,(H,17,18)(H,12,13,16). The van der Waals surface area contributed by atoms with Crippen molar-refractivity contribution >= 4 is 38.7 Å². The SMILES string of the molecule is CC(=O)Nc1nc2c(s1)c(C(=O)O)nn2C(C)(C)C. The minimum atomic E-state index is -1.11. The van der Waals surface area contributed by atoms with Crippen LogP contribution in [-0.4, -0.2) is 31.7 Å². The fourth-order valence-corrected chi connectivity index (χ4v) is 2.58. The first-order valence-electron chi connectivity index (χ1n) is 5.61. The summed E-state index contributed by atoms with van der Waals surface area (Å²) < 4.78 is 2.03. The number of nitrogens with zero attached hydrogens (tertiary/aromatic N) is 3. The molecule has 2 N–H and O–H groups in total. The van der Waals surface area contributed by atoms with Gasteiger partial charge in [-0.3, -0.25) is 4.79 Å². The Morgan fingerprint density at radius 3 is 2.47 bits per heavy atom. The van der Waals surface area contributed by atoms with Crippen molar-refractivity contribution in [2.75, 3.05) is 5.32 Å². The van der Waals surface area contributed by atoms with Crippen LogP contribution in [0.25, 0.3) is 10.3 Å². The average Bonchev–Trinajstić information content (AvgIpc) is 2.71. The van der Waals surface area contributed by atoms with E-state index in [0.29, 0.717) is 15.5 Å². The van der Waals surface area contributed by atoms with Gasteiger partial charge in [0.25, 0.3) is 0 Å². The van der Waals surface area contributed by atoms with Gasteiger partial charge in [-0.25, -0.2) is 9.48 Å². The van der Waals surface area contributed by atoms with Gasteiger partial charge < -0.3 is 10.4 Å². The van der Waals surface area contributed by atoms with Gasteiger partial charge >= 0.3 is 5.97 Å². The largest absolute Gasteiger partial charge is 0.476 e. The van der Waals surface area contributed by atoms with Crippen molar-refractivity contribution in [3.63, 3.8) is 0 Å². The van der Waals surface area contributed by atoms with Crippen molar-refractivity contribution in [1.82, 2.24) is 14.8 Å². The molecule has 2 heterocycles. The number of hydrogen-bond acceptors (Lipinski definition) is 5. The lowest BCUT2D eigenvalue weighted by Crippen LogP contribution is -2.23. The van der Waals surface area contributed by atoms with Crippen LogP contribution in [0, 0.1) is 0 Å². The van der Waals surface area contributed by atoms with E-state index in [9.17, 15) is 9.59 Å². The Labute approximate surface area is 113 Å². The quantitative estimate of drug-likeness (QED) is 0.876. The molecular weight excluding hydrogens is 268 g/mol. The van der Waals surface area contributed by atoms with E-state index in [4.69, 9.17) is 5.11 Å². The number of carboxylic acids is 1. The molecule has 0 spiro atoms. The molecule has 7 nitrogen and oxygen atoms in total. The summed E-state index contributed by atoms with van der Waals surface area (Å²) in [6, 6.07) is 0. The summed E-state index contributed by atoms with van der Waals surface area (Å²) in [4.78, 5) is 26.5. The summed E-state index contributed by atoms with van der Waals surface area (Å²) in [5.74, 6) is -1.35. The normalized spacial score (nSPS) is 11.8. The van der Waals surface area contributed by atoms with Crippen LogP contribution in [0.1, 0.15) is 38.2 Å². The Kier molecular flexibility index (Phi) is 3.05. The number of amides is 1. The molecule has 0 aliphatic rings. The molecule has 2 aromatic heterocycles. The summed E-state index contributed by atoms with van der Waals surface area (Å²) in [5.41, 5.74) is 0.0331. The van der Waals surface area contributed by atoms with E-state index in [2.05, 4.69) is 15.4 Å². The number of fused-ring (bicyclic) bond motifs is 1. The van der Waals surface area contributed by atoms with Gasteiger partial charge in [0, 0.05) is 6.92 Å². The van der Waals surface area contributed by atoms with Crippen molar-refractivity contribution in [1.29, 1.82) is 0 Å². The maximum absolute atomic E-state index is 11.2. The number of anilines is 1. The molecule has 0 saturated heterocycles. The highest BCUT2D eigenvalue weighted by atomic mass is 32.1. The molecule has 2 aromatic rings. The molecular formula is C11H14N4O3S. The number of carbonyl (C=O) groups is 2. The summed E-state index contributed by atoms with van der Waals surface area (Å²) in [6.45, 7) is 7.09. The van der Waals surface area contributed by atoms with E-state index in [1.807, 2.05) is 20.8 Å². The number of hydrogen-bond donors (Lipinski definition) is 2. The number of carbonyl (C=O) groups excluding carboxylic acids is 1. The molecule has 0 fully saturated rings. The molecule has 0 aliphatic heterocycles. The Bertz CT molecular complexity index is 665. The van der Waals surface area contributed by atoms with Crippen molar-refractivity contribution in [2.24, 2.45) is 0 Å². The molecule has 0 bridgehead atoms. The number of nitrogens with one attached hydrogen (secondary N) is 1. The van der Waals surface area contributed by atoms with Gasteiger partial charge in [-0.05, 0) is 20.8 Å². The summed E-state index contributed by atoms with van der Waals surface area (Å²) >= 11 is 1.11. The lowest BCUT2D eigenvalue weighted by Gasteiger charge is -2.19. The van der Waals surface area contributed by atoms with Crippen LogP contribution in [0.4, 0.5) is 5.13 Å². The minimum Gasteiger partial charge on any atom is -0.476 e. The van der Waals surface area contributed by atoms with Gasteiger partial charge in [0.1, 0.15) is 4.70 Å². The number of aromatic nitrogens is 3. The molecule has 102 valence electrons. The van der Waals surface area contributed by atoms with Crippen molar-refractivity contribution in [2.45, 2.75) is 33.2 Å². The number of rotatable bonds is 2. The van der Waals surface area contributed by atoms with Crippen LogP contribution in [0.3, 0.4) is 0 Å². The summed E-state index contributed by atoms with van der Waals surface area (Å²) in [7, 11) is 0. The molecule has 19 heavy (non-hydrogen) atoms. The van der Waals surface area contributed by atoms with E-state index in [0.717, 1.165) is 11.3 Å². The zero-order chi connectivity index (χ0) is 14.4. The third-order valence-corrected chi connectivity index (χ3v) is 3.31. The predicted molar refractivity (Wildman–Crippen MR) is 71.7 cm³/mol. The highest BCUT2D eigenvalue weighted by Gasteiger charge is 2.26. The van der Waals surface area contributed by atoms with Crippen LogP contribution in [-0.2, 0) is 10.3 Å².